The molecule has 0 aliphatic carbocycles. The predicted molar refractivity (Wildman–Crippen MR) is 106 cm³/mol. The number of nitrogens with zero attached hydrogens (tertiary/aromatic N) is 4. The molecule has 1 aromatic carbocycles. The van der Waals surface area contributed by atoms with Gasteiger partial charge in [0.1, 0.15) is 0 Å². The van der Waals surface area contributed by atoms with Gasteiger partial charge < -0.3 is 27.0 Å². The Labute approximate surface area is 154 Å². The summed E-state index contributed by atoms with van der Waals surface area (Å²) in [7, 11) is -1.47. The van der Waals surface area contributed by atoms with Crippen molar-refractivity contribution in [3.05, 3.63) is 18.2 Å². The molecule has 2 rings (SSSR count). The molecule has 1 aliphatic heterocycles. The van der Waals surface area contributed by atoms with Crippen LogP contribution in [0.3, 0.4) is 0 Å². The van der Waals surface area contributed by atoms with Gasteiger partial charge in [0.2, 0.25) is 5.96 Å². The van der Waals surface area contributed by atoms with E-state index in [2.05, 4.69) is 26.8 Å². The second-order valence-electron chi connectivity index (χ2n) is 6.54. The van der Waals surface area contributed by atoms with E-state index in [1.165, 1.54) is 0 Å². The fourth-order valence-corrected chi connectivity index (χ4v) is 3.79. The van der Waals surface area contributed by atoms with Gasteiger partial charge in [0.15, 0.2) is 15.8 Å². The molecule has 26 heavy (non-hydrogen) atoms. The lowest BCUT2D eigenvalue weighted by Gasteiger charge is -2.34. The standard InChI is InChI=1S/C16H27N7O2S/c1-11(2)26(24,25)14-5-4-12(23-8-6-22(3)7-9-23)10-13(14)20-16(19)21-15(17)18/h4-5,10-11H,6-9H2,1-3H3,(H6,17,18,19,20,21). The van der Waals surface area contributed by atoms with Gasteiger partial charge in [0.25, 0.3) is 0 Å². The topological polar surface area (TPSA) is 143 Å². The number of guanidine groups is 2. The first-order valence-electron chi connectivity index (χ1n) is 8.36. The van der Waals surface area contributed by atoms with E-state index in [9.17, 15) is 8.42 Å². The summed E-state index contributed by atoms with van der Waals surface area (Å²) >= 11 is 0. The summed E-state index contributed by atoms with van der Waals surface area (Å²) < 4.78 is 25.3. The monoisotopic (exact) mass is 381 g/mol. The highest BCUT2D eigenvalue weighted by Gasteiger charge is 2.24. The maximum atomic E-state index is 12.7. The molecule has 0 amide bonds. The van der Waals surface area contributed by atoms with E-state index in [4.69, 9.17) is 17.2 Å². The van der Waals surface area contributed by atoms with Gasteiger partial charge in [0, 0.05) is 31.9 Å². The van der Waals surface area contributed by atoms with Gasteiger partial charge in [-0.3, -0.25) is 0 Å². The molecular formula is C16H27N7O2S. The molecule has 0 radical (unpaired) electrons. The van der Waals surface area contributed by atoms with Gasteiger partial charge in [0.05, 0.1) is 15.8 Å². The summed E-state index contributed by atoms with van der Waals surface area (Å²) in [6.07, 6.45) is 0. The molecule has 144 valence electrons. The van der Waals surface area contributed by atoms with Crippen LogP contribution >= 0.6 is 0 Å². The fraction of sp³-hybridized carbons (Fsp3) is 0.500. The van der Waals surface area contributed by atoms with Crippen molar-refractivity contribution in [2.45, 2.75) is 24.0 Å². The lowest BCUT2D eigenvalue weighted by atomic mass is 10.2. The zero-order valence-corrected chi connectivity index (χ0v) is 16.2. The van der Waals surface area contributed by atoms with Gasteiger partial charge in [-0.05, 0) is 39.1 Å². The van der Waals surface area contributed by atoms with Crippen molar-refractivity contribution in [1.29, 1.82) is 0 Å². The highest BCUT2D eigenvalue weighted by molar-refractivity contribution is 7.92. The lowest BCUT2D eigenvalue weighted by Crippen LogP contribution is -2.44. The van der Waals surface area contributed by atoms with Crippen LogP contribution in [0.4, 0.5) is 11.4 Å². The van der Waals surface area contributed by atoms with Crippen LogP contribution in [0.1, 0.15) is 13.8 Å². The van der Waals surface area contributed by atoms with Crippen molar-refractivity contribution in [3.8, 4) is 0 Å². The Morgan fingerprint density at radius 1 is 1.12 bits per heavy atom. The highest BCUT2D eigenvalue weighted by Crippen LogP contribution is 2.32. The Kier molecular flexibility index (Phi) is 6.09. The quantitative estimate of drug-likeness (QED) is 0.485. The van der Waals surface area contributed by atoms with E-state index in [0.717, 1.165) is 31.9 Å². The van der Waals surface area contributed by atoms with Crippen molar-refractivity contribution in [2.24, 2.45) is 27.2 Å². The maximum Gasteiger partial charge on any atom is 0.223 e. The SMILES string of the molecule is CC(C)S(=O)(=O)c1ccc(N2CCN(C)CC2)cc1N=C(N)N=C(N)N. The van der Waals surface area contributed by atoms with E-state index in [0.29, 0.717) is 0 Å². The average molecular weight is 382 g/mol. The molecule has 1 saturated heterocycles. The Bertz CT molecular complexity index is 806. The van der Waals surface area contributed by atoms with Crippen LogP contribution in [0.5, 0.6) is 0 Å². The minimum Gasteiger partial charge on any atom is -0.370 e. The number of sulfone groups is 1. The van der Waals surface area contributed by atoms with Crippen LogP contribution in [0.25, 0.3) is 0 Å². The molecule has 0 bridgehead atoms. The molecule has 0 spiro atoms. The van der Waals surface area contributed by atoms with Crippen LogP contribution in [-0.4, -0.2) is 63.7 Å². The molecule has 10 heteroatoms. The molecule has 1 fully saturated rings. The summed E-state index contributed by atoms with van der Waals surface area (Å²) in [6, 6.07) is 5.09. The number of rotatable bonds is 4. The third-order valence-electron chi connectivity index (χ3n) is 4.22. The molecular weight excluding hydrogens is 354 g/mol. The molecule has 9 nitrogen and oxygen atoms in total. The third-order valence-corrected chi connectivity index (χ3v) is 6.42. The van der Waals surface area contributed by atoms with Crippen LogP contribution in [0.15, 0.2) is 33.1 Å². The molecule has 0 unspecified atom stereocenters. The first kappa shape index (κ1) is 20.0. The van der Waals surface area contributed by atoms with Crippen LogP contribution < -0.4 is 22.1 Å². The Morgan fingerprint density at radius 2 is 1.73 bits per heavy atom. The number of aliphatic imine (C=N–C) groups is 2. The normalized spacial score (nSPS) is 16.8. The van der Waals surface area contributed by atoms with Crippen LogP contribution in [-0.2, 0) is 9.84 Å². The Balaban J connectivity index is 2.51. The molecule has 0 aromatic heterocycles. The number of anilines is 1. The zero-order valence-electron chi connectivity index (χ0n) is 15.4. The van der Waals surface area contributed by atoms with E-state index in [1.54, 1.807) is 32.0 Å². The summed E-state index contributed by atoms with van der Waals surface area (Å²) in [5.41, 5.74) is 17.5. The van der Waals surface area contributed by atoms with Crippen molar-refractivity contribution in [3.63, 3.8) is 0 Å². The summed E-state index contributed by atoms with van der Waals surface area (Å²) in [5.74, 6) is -0.435. The zero-order chi connectivity index (χ0) is 19.5. The molecule has 1 aromatic rings. The fourth-order valence-electron chi connectivity index (χ4n) is 2.63. The average Bonchev–Trinajstić information content (AvgIpc) is 2.54. The van der Waals surface area contributed by atoms with Crippen molar-refractivity contribution in [1.82, 2.24) is 4.90 Å². The number of piperazine rings is 1. The first-order valence-corrected chi connectivity index (χ1v) is 9.91. The van der Waals surface area contributed by atoms with Crippen LogP contribution in [0.2, 0.25) is 0 Å². The maximum absolute atomic E-state index is 12.7. The van der Waals surface area contributed by atoms with Gasteiger partial charge in [-0.1, -0.05) is 0 Å². The predicted octanol–water partition coefficient (Wildman–Crippen LogP) is -0.160. The van der Waals surface area contributed by atoms with E-state index >= 15 is 0 Å². The summed E-state index contributed by atoms with van der Waals surface area (Å²) in [4.78, 5) is 12.4. The second-order valence-corrected chi connectivity index (χ2v) is 9.02. The molecule has 6 N–H and O–H groups in total. The molecule has 0 atom stereocenters. The molecule has 1 aliphatic rings. The number of benzene rings is 1. The van der Waals surface area contributed by atoms with Crippen molar-refractivity contribution < 1.29 is 8.42 Å². The van der Waals surface area contributed by atoms with Gasteiger partial charge >= 0.3 is 0 Å². The highest BCUT2D eigenvalue weighted by atomic mass is 32.2. The van der Waals surface area contributed by atoms with E-state index in [-0.39, 0.29) is 22.5 Å². The number of hydrogen-bond donors (Lipinski definition) is 3. The van der Waals surface area contributed by atoms with Crippen molar-refractivity contribution >= 4 is 33.1 Å². The largest absolute Gasteiger partial charge is 0.370 e. The minimum atomic E-state index is -3.54. The Hall–Kier alpha value is -2.33. The van der Waals surface area contributed by atoms with Gasteiger partial charge in [-0.2, -0.15) is 4.99 Å². The summed E-state index contributed by atoms with van der Waals surface area (Å²) in [6.45, 7) is 6.80. The first-order chi connectivity index (χ1) is 12.1. The molecule has 0 saturated carbocycles. The van der Waals surface area contributed by atoms with Crippen LogP contribution in [0, 0.1) is 0 Å². The van der Waals surface area contributed by atoms with E-state index < -0.39 is 15.1 Å². The van der Waals surface area contributed by atoms with Crippen molar-refractivity contribution in [2.75, 3.05) is 38.1 Å². The molecule has 1 heterocycles. The van der Waals surface area contributed by atoms with Gasteiger partial charge in [-0.15, -0.1) is 0 Å². The minimum absolute atomic E-state index is 0.110. The Morgan fingerprint density at radius 3 is 2.27 bits per heavy atom. The van der Waals surface area contributed by atoms with Gasteiger partial charge in [-0.25, -0.2) is 13.4 Å². The third kappa shape index (κ3) is 4.64. The number of likely N-dealkylation sites (N-methyl/N-ethyl adjacent to an activating group) is 1. The van der Waals surface area contributed by atoms with E-state index in [1.807, 2.05) is 0 Å². The smallest absolute Gasteiger partial charge is 0.223 e. The second kappa shape index (κ2) is 7.92. The summed E-state index contributed by atoms with van der Waals surface area (Å²) in [5, 5.41) is -0.588. The number of hydrogen-bond acceptors (Lipinski definition) is 5. The lowest BCUT2D eigenvalue weighted by molar-refractivity contribution is 0.313. The number of nitrogens with two attached hydrogens (primary N) is 3.